The Kier molecular flexibility index (Phi) is 5.64. The van der Waals surface area contributed by atoms with E-state index in [0.29, 0.717) is 6.61 Å². The van der Waals surface area contributed by atoms with Gasteiger partial charge in [0.1, 0.15) is 6.61 Å². The van der Waals surface area contributed by atoms with Crippen molar-refractivity contribution in [2.75, 3.05) is 14.2 Å². The fourth-order valence-corrected chi connectivity index (χ4v) is 2.18. The van der Waals surface area contributed by atoms with Crippen molar-refractivity contribution in [2.45, 2.75) is 26.5 Å². The predicted octanol–water partition coefficient (Wildman–Crippen LogP) is 3.56. The maximum Gasteiger partial charge on any atom is 0.161 e. The molecule has 0 unspecified atom stereocenters. The molecule has 0 aliphatic carbocycles. The second-order valence-electron chi connectivity index (χ2n) is 4.97. The summed E-state index contributed by atoms with van der Waals surface area (Å²) in [4.78, 5) is 0. The summed E-state index contributed by atoms with van der Waals surface area (Å²) in [6.45, 7) is 3.51. The van der Waals surface area contributed by atoms with Crippen LogP contribution in [0.25, 0.3) is 0 Å². The van der Waals surface area contributed by atoms with Crippen molar-refractivity contribution in [3.05, 3.63) is 59.2 Å². The van der Waals surface area contributed by atoms with Crippen LogP contribution in [0.2, 0.25) is 0 Å². The van der Waals surface area contributed by atoms with Gasteiger partial charge in [0.05, 0.1) is 7.11 Å². The zero-order chi connectivity index (χ0) is 15.1. The van der Waals surface area contributed by atoms with Gasteiger partial charge in [0.2, 0.25) is 0 Å². The lowest BCUT2D eigenvalue weighted by Gasteiger charge is -2.12. The molecule has 0 bridgehead atoms. The molecule has 0 radical (unpaired) electrons. The molecule has 112 valence electrons. The van der Waals surface area contributed by atoms with Crippen LogP contribution in [0.1, 0.15) is 23.6 Å². The van der Waals surface area contributed by atoms with E-state index in [1.165, 1.54) is 11.1 Å². The van der Waals surface area contributed by atoms with Crippen molar-refractivity contribution in [3.8, 4) is 11.5 Å². The van der Waals surface area contributed by atoms with Gasteiger partial charge < -0.3 is 14.8 Å². The number of ether oxygens (including phenoxy) is 2. The van der Waals surface area contributed by atoms with Gasteiger partial charge in [-0.25, -0.2) is 0 Å². The maximum absolute atomic E-state index is 5.92. The maximum atomic E-state index is 5.92. The van der Waals surface area contributed by atoms with E-state index in [1.807, 2.05) is 25.2 Å². The highest BCUT2D eigenvalue weighted by Crippen LogP contribution is 2.28. The third-order valence-corrected chi connectivity index (χ3v) is 3.43. The van der Waals surface area contributed by atoms with Crippen molar-refractivity contribution in [3.63, 3.8) is 0 Å². The molecule has 0 amide bonds. The van der Waals surface area contributed by atoms with E-state index in [4.69, 9.17) is 9.47 Å². The quantitative estimate of drug-likeness (QED) is 0.844. The number of benzene rings is 2. The molecule has 2 rings (SSSR count). The summed E-state index contributed by atoms with van der Waals surface area (Å²) < 4.78 is 11.3. The molecule has 0 aliphatic rings. The Labute approximate surface area is 126 Å². The molecule has 0 heterocycles. The highest BCUT2D eigenvalue weighted by molar-refractivity contribution is 5.43. The average Bonchev–Trinajstić information content (AvgIpc) is 2.54. The summed E-state index contributed by atoms with van der Waals surface area (Å²) >= 11 is 0. The molecule has 0 atom stereocenters. The van der Waals surface area contributed by atoms with Crippen molar-refractivity contribution >= 4 is 0 Å². The number of rotatable bonds is 7. The third-order valence-electron chi connectivity index (χ3n) is 3.43. The van der Waals surface area contributed by atoms with Gasteiger partial charge >= 0.3 is 0 Å². The molecule has 0 spiro atoms. The molecular weight excluding hydrogens is 262 g/mol. The molecule has 0 aliphatic heterocycles. The van der Waals surface area contributed by atoms with E-state index < -0.39 is 0 Å². The van der Waals surface area contributed by atoms with Gasteiger partial charge in [0, 0.05) is 6.54 Å². The van der Waals surface area contributed by atoms with Gasteiger partial charge in [-0.15, -0.1) is 0 Å². The van der Waals surface area contributed by atoms with Crippen molar-refractivity contribution in [2.24, 2.45) is 0 Å². The fourth-order valence-electron chi connectivity index (χ4n) is 2.18. The van der Waals surface area contributed by atoms with E-state index in [2.05, 4.69) is 36.5 Å². The summed E-state index contributed by atoms with van der Waals surface area (Å²) in [5.41, 5.74) is 3.68. The van der Waals surface area contributed by atoms with Gasteiger partial charge in [-0.2, -0.15) is 0 Å². The molecule has 1 N–H and O–H groups in total. The fraction of sp³-hybridized carbons (Fsp3) is 0.333. The van der Waals surface area contributed by atoms with Crippen molar-refractivity contribution in [1.29, 1.82) is 0 Å². The van der Waals surface area contributed by atoms with Crippen LogP contribution in [-0.4, -0.2) is 14.2 Å². The van der Waals surface area contributed by atoms with Crippen molar-refractivity contribution < 1.29 is 9.47 Å². The Balaban J connectivity index is 2.08. The molecule has 0 fully saturated rings. The summed E-state index contributed by atoms with van der Waals surface area (Å²) in [6.07, 6.45) is 1.06. The summed E-state index contributed by atoms with van der Waals surface area (Å²) in [5.74, 6) is 1.55. The smallest absolute Gasteiger partial charge is 0.161 e. The third kappa shape index (κ3) is 4.23. The largest absolute Gasteiger partial charge is 0.493 e. The Morgan fingerprint density at radius 2 is 1.57 bits per heavy atom. The SMILES string of the molecule is CCc1ccc(COc2cc(CNC)ccc2OC)cc1. The van der Waals surface area contributed by atoms with Crippen LogP contribution in [0.15, 0.2) is 42.5 Å². The number of methoxy groups -OCH3 is 1. The minimum absolute atomic E-state index is 0.545. The first-order chi connectivity index (χ1) is 10.3. The summed E-state index contributed by atoms with van der Waals surface area (Å²) in [6, 6.07) is 14.5. The van der Waals surface area contributed by atoms with E-state index >= 15 is 0 Å². The lowest BCUT2D eigenvalue weighted by Crippen LogP contribution is -2.06. The first-order valence-corrected chi connectivity index (χ1v) is 7.29. The van der Waals surface area contributed by atoms with Crippen LogP contribution in [-0.2, 0) is 19.6 Å². The second-order valence-corrected chi connectivity index (χ2v) is 4.97. The molecule has 0 saturated heterocycles. The molecule has 3 nitrogen and oxygen atoms in total. The molecular formula is C18H23NO2. The monoisotopic (exact) mass is 285 g/mol. The zero-order valence-corrected chi connectivity index (χ0v) is 13.0. The number of nitrogens with one attached hydrogen (secondary N) is 1. The van der Waals surface area contributed by atoms with Crippen LogP contribution in [0.5, 0.6) is 11.5 Å². The van der Waals surface area contributed by atoms with Crippen LogP contribution in [0, 0.1) is 0 Å². The number of aryl methyl sites for hydroxylation is 1. The van der Waals surface area contributed by atoms with Gasteiger partial charge in [-0.05, 0) is 42.3 Å². The number of hydrogen-bond acceptors (Lipinski definition) is 3. The second kappa shape index (κ2) is 7.70. The highest BCUT2D eigenvalue weighted by Gasteiger charge is 2.06. The number of hydrogen-bond donors (Lipinski definition) is 1. The van der Waals surface area contributed by atoms with Crippen LogP contribution in [0.4, 0.5) is 0 Å². The molecule has 0 aromatic heterocycles. The van der Waals surface area contributed by atoms with E-state index in [0.717, 1.165) is 30.0 Å². The lowest BCUT2D eigenvalue weighted by molar-refractivity contribution is 0.284. The van der Waals surface area contributed by atoms with Gasteiger partial charge in [-0.1, -0.05) is 37.3 Å². The molecule has 2 aromatic carbocycles. The summed E-state index contributed by atoms with van der Waals surface area (Å²) in [5, 5.41) is 3.14. The Bertz CT molecular complexity index is 564. The minimum Gasteiger partial charge on any atom is -0.493 e. The van der Waals surface area contributed by atoms with Crippen molar-refractivity contribution in [1.82, 2.24) is 5.32 Å². The Morgan fingerprint density at radius 3 is 2.19 bits per heavy atom. The lowest BCUT2D eigenvalue weighted by atomic mass is 10.1. The van der Waals surface area contributed by atoms with Crippen LogP contribution < -0.4 is 14.8 Å². The topological polar surface area (TPSA) is 30.5 Å². The molecule has 3 heteroatoms. The van der Waals surface area contributed by atoms with Crippen LogP contribution >= 0.6 is 0 Å². The summed E-state index contributed by atoms with van der Waals surface area (Å²) in [7, 11) is 3.59. The Hall–Kier alpha value is -2.00. The first kappa shape index (κ1) is 15.4. The van der Waals surface area contributed by atoms with E-state index in [-0.39, 0.29) is 0 Å². The predicted molar refractivity (Wildman–Crippen MR) is 85.9 cm³/mol. The van der Waals surface area contributed by atoms with Gasteiger partial charge in [-0.3, -0.25) is 0 Å². The van der Waals surface area contributed by atoms with Gasteiger partial charge in [0.15, 0.2) is 11.5 Å². The minimum atomic E-state index is 0.545. The average molecular weight is 285 g/mol. The zero-order valence-electron chi connectivity index (χ0n) is 13.0. The molecule has 21 heavy (non-hydrogen) atoms. The molecule has 0 saturated carbocycles. The van der Waals surface area contributed by atoms with Gasteiger partial charge in [0.25, 0.3) is 0 Å². The van der Waals surface area contributed by atoms with Crippen LogP contribution in [0.3, 0.4) is 0 Å². The Morgan fingerprint density at radius 1 is 0.905 bits per heavy atom. The first-order valence-electron chi connectivity index (χ1n) is 7.29. The van der Waals surface area contributed by atoms with E-state index in [9.17, 15) is 0 Å². The molecule has 2 aromatic rings. The standard InChI is InChI=1S/C18H23NO2/c1-4-14-5-7-15(8-6-14)13-21-18-11-16(12-19-2)9-10-17(18)20-3/h5-11,19H,4,12-13H2,1-3H3. The van der Waals surface area contributed by atoms with E-state index in [1.54, 1.807) is 7.11 Å². The normalized spacial score (nSPS) is 10.4. The highest BCUT2D eigenvalue weighted by atomic mass is 16.5.